The Bertz CT molecular complexity index is 1330. The number of hydrogen-bond acceptors (Lipinski definition) is 5. The van der Waals surface area contributed by atoms with E-state index in [9.17, 15) is 14.3 Å². The van der Waals surface area contributed by atoms with E-state index in [4.69, 9.17) is 0 Å². The molecule has 0 spiro atoms. The quantitative estimate of drug-likeness (QED) is 0.512. The van der Waals surface area contributed by atoms with Gasteiger partial charge >= 0.3 is 0 Å². The van der Waals surface area contributed by atoms with Crippen LogP contribution in [0.2, 0.25) is 0 Å². The average Bonchev–Trinajstić information content (AvgIpc) is 2.74. The standard InChI is InChI=1S/C24H23FN4O2/c1-14-6-4-5-7-20(14)29-21(31)11-10-19-22(18-9-8-17(25)12-15(18)2)27-24(28-23(19)29)26-16(3)13-30/h4-12,16,30H,13H2,1-3H3,(H,26,27,28). The molecule has 2 aromatic carbocycles. The van der Waals surface area contributed by atoms with Gasteiger partial charge in [0.05, 0.1) is 18.0 Å². The smallest absolute Gasteiger partial charge is 0.256 e. The Morgan fingerprint density at radius 3 is 2.55 bits per heavy atom. The van der Waals surface area contributed by atoms with E-state index < -0.39 is 0 Å². The van der Waals surface area contributed by atoms with Crippen LogP contribution >= 0.6 is 0 Å². The number of rotatable bonds is 5. The zero-order valence-corrected chi connectivity index (χ0v) is 17.6. The van der Waals surface area contributed by atoms with Crippen LogP contribution in [0.4, 0.5) is 10.3 Å². The predicted octanol–water partition coefficient (Wildman–Crippen LogP) is 4.00. The fourth-order valence-corrected chi connectivity index (χ4v) is 3.59. The number of nitrogens with zero attached hydrogens (tertiary/aromatic N) is 3. The maximum atomic E-state index is 13.7. The Morgan fingerprint density at radius 2 is 1.84 bits per heavy atom. The zero-order chi connectivity index (χ0) is 22.1. The van der Waals surface area contributed by atoms with Gasteiger partial charge in [0.25, 0.3) is 5.56 Å². The number of aromatic nitrogens is 3. The summed E-state index contributed by atoms with van der Waals surface area (Å²) in [6, 6.07) is 15.0. The van der Waals surface area contributed by atoms with Crippen molar-refractivity contribution in [1.29, 1.82) is 0 Å². The van der Waals surface area contributed by atoms with Gasteiger partial charge < -0.3 is 10.4 Å². The van der Waals surface area contributed by atoms with E-state index >= 15 is 0 Å². The van der Waals surface area contributed by atoms with Crippen LogP contribution in [0.1, 0.15) is 18.1 Å². The molecule has 0 radical (unpaired) electrons. The van der Waals surface area contributed by atoms with Crippen molar-refractivity contribution in [2.45, 2.75) is 26.8 Å². The molecule has 1 atom stereocenters. The molecule has 6 nitrogen and oxygen atoms in total. The number of pyridine rings is 1. The Morgan fingerprint density at radius 1 is 1.06 bits per heavy atom. The first kappa shape index (κ1) is 20.7. The number of anilines is 1. The molecule has 4 aromatic rings. The Hall–Kier alpha value is -3.58. The van der Waals surface area contributed by atoms with Crippen LogP contribution in [0.5, 0.6) is 0 Å². The normalized spacial score (nSPS) is 12.2. The van der Waals surface area contributed by atoms with Gasteiger partial charge in [-0.3, -0.25) is 9.36 Å². The van der Waals surface area contributed by atoms with Crippen molar-refractivity contribution >= 4 is 17.0 Å². The summed E-state index contributed by atoms with van der Waals surface area (Å²) < 4.78 is 15.3. The number of fused-ring (bicyclic) bond motifs is 1. The molecule has 0 aliphatic rings. The van der Waals surface area contributed by atoms with E-state index in [1.807, 2.05) is 38.1 Å². The van der Waals surface area contributed by atoms with Crippen molar-refractivity contribution in [2.75, 3.05) is 11.9 Å². The topological polar surface area (TPSA) is 80.0 Å². The van der Waals surface area contributed by atoms with Gasteiger partial charge in [-0.15, -0.1) is 0 Å². The number of nitrogens with one attached hydrogen (secondary N) is 1. The molecule has 4 rings (SSSR count). The van der Waals surface area contributed by atoms with Gasteiger partial charge in [0, 0.05) is 23.1 Å². The molecule has 0 bridgehead atoms. The van der Waals surface area contributed by atoms with Crippen molar-refractivity contribution in [2.24, 2.45) is 0 Å². The van der Waals surface area contributed by atoms with Gasteiger partial charge in [-0.2, -0.15) is 4.98 Å². The van der Waals surface area contributed by atoms with Crippen molar-refractivity contribution in [3.05, 3.63) is 81.9 Å². The highest BCUT2D eigenvalue weighted by Crippen LogP contribution is 2.30. The SMILES string of the molecule is Cc1cc(F)ccc1-c1nc(NC(C)CO)nc2c1ccc(=O)n2-c1ccccc1C. The van der Waals surface area contributed by atoms with Crippen molar-refractivity contribution in [3.63, 3.8) is 0 Å². The number of aliphatic hydroxyl groups is 1. The molecule has 0 saturated heterocycles. The second-order valence-corrected chi connectivity index (χ2v) is 7.61. The largest absolute Gasteiger partial charge is 0.394 e. The van der Waals surface area contributed by atoms with Crippen molar-refractivity contribution < 1.29 is 9.50 Å². The second-order valence-electron chi connectivity index (χ2n) is 7.61. The van der Waals surface area contributed by atoms with Gasteiger partial charge in [-0.25, -0.2) is 9.37 Å². The lowest BCUT2D eigenvalue weighted by atomic mass is 10.0. The van der Waals surface area contributed by atoms with Crippen LogP contribution in [0.3, 0.4) is 0 Å². The van der Waals surface area contributed by atoms with Crippen LogP contribution < -0.4 is 10.9 Å². The lowest BCUT2D eigenvalue weighted by molar-refractivity contribution is 0.281. The summed E-state index contributed by atoms with van der Waals surface area (Å²) in [5.41, 5.74) is 3.90. The molecular formula is C24H23FN4O2. The van der Waals surface area contributed by atoms with Gasteiger partial charge in [0.1, 0.15) is 5.82 Å². The summed E-state index contributed by atoms with van der Waals surface area (Å²) in [6.45, 7) is 5.44. The molecule has 0 aliphatic carbocycles. The predicted molar refractivity (Wildman–Crippen MR) is 120 cm³/mol. The fraction of sp³-hybridized carbons (Fsp3) is 0.208. The summed E-state index contributed by atoms with van der Waals surface area (Å²) in [4.78, 5) is 22.2. The third-order valence-corrected chi connectivity index (χ3v) is 5.20. The molecule has 2 N–H and O–H groups in total. The molecule has 7 heteroatoms. The fourth-order valence-electron chi connectivity index (χ4n) is 3.59. The summed E-state index contributed by atoms with van der Waals surface area (Å²) in [5, 5.41) is 13.2. The molecule has 158 valence electrons. The minimum Gasteiger partial charge on any atom is -0.394 e. The summed E-state index contributed by atoms with van der Waals surface area (Å²) in [7, 11) is 0. The molecule has 0 fully saturated rings. The highest BCUT2D eigenvalue weighted by atomic mass is 19.1. The minimum atomic E-state index is -0.330. The van der Waals surface area contributed by atoms with Gasteiger partial charge in [-0.1, -0.05) is 18.2 Å². The molecule has 0 amide bonds. The first-order valence-electron chi connectivity index (χ1n) is 10.0. The highest BCUT2D eigenvalue weighted by molar-refractivity contribution is 5.93. The van der Waals surface area contributed by atoms with E-state index in [0.717, 1.165) is 22.4 Å². The maximum absolute atomic E-state index is 13.7. The lowest BCUT2D eigenvalue weighted by Crippen LogP contribution is -2.23. The zero-order valence-electron chi connectivity index (χ0n) is 17.6. The van der Waals surface area contributed by atoms with Crippen LogP contribution in [0, 0.1) is 19.7 Å². The monoisotopic (exact) mass is 418 g/mol. The Kier molecular flexibility index (Phi) is 5.52. The maximum Gasteiger partial charge on any atom is 0.256 e. The summed E-state index contributed by atoms with van der Waals surface area (Å²) in [6.07, 6.45) is 0. The molecule has 2 heterocycles. The van der Waals surface area contributed by atoms with Crippen molar-refractivity contribution in [1.82, 2.24) is 14.5 Å². The summed E-state index contributed by atoms with van der Waals surface area (Å²) >= 11 is 0. The van der Waals surface area contributed by atoms with Crippen LogP contribution in [0.15, 0.2) is 59.4 Å². The number of para-hydroxylation sites is 1. The van der Waals surface area contributed by atoms with E-state index in [1.165, 1.54) is 18.2 Å². The van der Waals surface area contributed by atoms with Crippen LogP contribution in [0.25, 0.3) is 28.0 Å². The van der Waals surface area contributed by atoms with Crippen LogP contribution in [-0.2, 0) is 0 Å². The number of aryl methyl sites for hydroxylation is 2. The molecule has 2 aromatic heterocycles. The van der Waals surface area contributed by atoms with E-state index in [0.29, 0.717) is 16.7 Å². The highest BCUT2D eigenvalue weighted by Gasteiger charge is 2.18. The summed E-state index contributed by atoms with van der Waals surface area (Å²) in [5.74, 6) is -0.0515. The Balaban J connectivity index is 2.09. The van der Waals surface area contributed by atoms with Gasteiger partial charge in [-0.05, 0) is 62.2 Å². The van der Waals surface area contributed by atoms with E-state index in [-0.39, 0.29) is 30.0 Å². The number of aliphatic hydroxyl groups excluding tert-OH is 1. The molecule has 31 heavy (non-hydrogen) atoms. The van der Waals surface area contributed by atoms with Gasteiger partial charge in [0.2, 0.25) is 5.95 Å². The Labute approximate surface area is 179 Å². The number of hydrogen-bond donors (Lipinski definition) is 2. The van der Waals surface area contributed by atoms with Gasteiger partial charge in [0.15, 0.2) is 5.65 Å². The average molecular weight is 418 g/mol. The number of halogens is 1. The lowest BCUT2D eigenvalue weighted by Gasteiger charge is -2.17. The van der Waals surface area contributed by atoms with E-state index in [2.05, 4.69) is 15.3 Å². The first-order valence-corrected chi connectivity index (χ1v) is 10.0. The third kappa shape index (κ3) is 3.92. The molecular weight excluding hydrogens is 395 g/mol. The molecule has 0 aliphatic heterocycles. The first-order chi connectivity index (χ1) is 14.9. The van der Waals surface area contributed by atoms with Crippen LogP contribution in [-0.4, -0.2) is 32.3 Å². The number of benzene rings is 2. The van der Waals surface area contributed by atoms with Crippen molar-refractivity contribution in [3.8, 4) is 16.9 Å². The molecule has 0 saturated carbocycles. The minimum absolute atomic E-state index is 0.105. The molecule has 1 unspecified atom stereocenters. The third-order valence-electron chi connectivity index (χ3n) is 5.20. The second kappa shape index (κ2) is 8.28. The van der Waals surface area contributed by atoms with E-state index in [1.54, 1.807) is 23.6 Å².